The number of hydrogen-bond acceptors (Lipinski definition) is 18. The maximum Gasteiger partial charge on any atom is 0.474 e. The third-order valence-electron chi connectivity index (χ3n) is 0.967. The van der Waals surface area contributed by atoms with Crippen LogP contribution >= 0.6 is 47.0 Å². The van der Waals surface area contributed by atoms with Crippen LogP contribution in [0.25, 0.3) is 0 Å². The van der Waals surface area contributed by atoms with Gasteiger partial charge in [0.1, 0.15) is 0 Å². The molecule has 0 fully saturated rings. The third kappa shape index (κ3) is 12.0. The molecule has 24 heteroatoms. The Kier molecular flexibility index (Phi) is 8.30. The van der Waals surface area contributed by atoms with Crippen LogP contribution in [-0.2, 0) is 53.5 Å². The Labute approximate surface area is 130 Å². The van der Waals surface area contributed by atoms with Crippen molar-refractivity contribution in [3.63, 3.8) is 0 Å². The van der Waals surface area contributed by atoms with Crippen LogP contribution in [0, 0.1) is 0 Å². The first kappa shape index (κ1) is 24.6. The Balaban J connectivity index is 5.18. The molecule has 0 aromatic heterocycles. The van der Waals surface area contributed by atoms with E-state index < -0.39 is 47.0 Å². The Hall–Kier alpha value is 0.610. The summed E-state index contributed by atoms with van der Waals surface area (Å²) < 4.78 is 87.1. The standard InChI is InChI=1S/H6O18P6/c1-19(2)14-21(6,7)16-23(10,11)18-24(12,13)17-22(8,9)15-20(3,4)5/h(H,6,7)(H,8,9)(H,10,11)(H,12,13)(H2,3,4,5)/p-6. The van der Waals surface area contributed by atoms with E-state index in [2.05, 4.69) is 21.6 Å². The zero-order chi connectivity index (χ0) is 19.6. The largest absolute Gasteiger partial charge is 0.790 e. The lowest BCUT2D eigenvalue weighted by molar-refractivity contribution is -0.339. The highest BCUT2D eigenvalue weighted by atomic mass is 31.3. The molecule has 0 radical (unpaired) electrons. The highest BCUT2D eigenvalue weighted by molar-refractivity contribution is 7.70. The highest BCUT2D eigenvalue weighted by Gasteiger charge is 2.30. The third-order valence-corrected chi connectivity index (χ3v) is 8.70. The first-order chi connectivity index (χ1) is 10.2. The van der Waals surface area contributed by atoms with Crippen molar-refractivity contribution in [2.24, 2.45) is 0 Å². The lowest BCUT2D eigenvalue weighted by Crippen LogP contribution is -2.21. The molecule has 0 aliphatic heterocycles. The van der Waals surface area contributed by atoms with Crippen molar-refractivity contribution in [3.8, 4) is 0 Å². The van der Waals surface area contributed by atoms with E-state index in [1.807, 2.05) is 0 Å². The van der Waals surface area contributed by atoms with E-state index in [1.54, 1.807) is 0 Å². The Bertz CT molecular complexity index is 748. The maximum absolute atomic E-state index is 10.9. The van der Waals surface area contributed by atoms with Crippen molar-refractivity contribution in [1.29, 1.82) is 0 Å². The molecule has 0 aromatic rings. The molecule has 0 N–H and O–H groups in total. The normalized spacial score (nSPS) is 22.6. The van der Waals surface area contributed by atoms with Gasteiger partial charge in [-0.1, -0.05) is 0 Å². The topological polar surface area (TPSA) is 304 Å². The van der Waals surface area contributed by atoms with Gasteiger partial charge in [-0.15, -0.1) is 0 Å². The van der Waals surface area contributed by atoms with Crippen LogP contribution in [0.5, 0.6) is 0 Å². The van der Waals surface area contributed by atoms with Gasteiger partial charge in [-0.2, -0.15) is 0 Å². The van der Waals surface area contributed by atoms with E-state index in [0.29, 0.717) is 0 Å². The summed E-state index contributed by atoms with van der Waals surface area (Å²) in [6, 6.07) is 0. The zero-order valence-electron chi connectivity index (χ0n) is 10.0. The van der Waals surface area contributed by atoms with Crippen molar-refractivity contribution >= 4 is 47.0 Å². The lowest BCUT2D eigenvalue weighted by atomic mass is 15.7. The van der Waals surface area contributed by atoms with Gasteiger partial charge in [-0.05, 0) is 0 Å². The molecule has 0 bridgehead atoms. The van der Waals surface area contributed by atoms with Crippen LogP contribution in [0.4, 0.5) is 0 Å². The molecule has 0 amide bonds. The fraction of sp³-hybridized carbons (Fsp3) is 0. The summed E-state index contributed by atoms with van der Waals surface area (Å²) in [5.41, 5.74) is 0. The summed E-state index contributed by atoms with van der Waals surface area (Å²) in [6.45, 7) is 0. The van der Waals surface area contributed by atoms with Gasteiger partial charge in [0.25, 0.3) is 31.3 Å². The first-order valence-electron chi connectivity index (χ1n) is 4.20. The van der Waals surface area contributed by atoms with Gasteiger partial charge in [0, 0.05) is 0 Å². The van der Waals surface area contributed by atoms with Crippen molar-refractivity contribution in [2.75, 3.05) is 0 Å². The average Bonchev–Trinajstić information content (AvgIpc) is 2.00. The predicted octanol–water partition coefficient (Wildman–Crippen LogP) is -3.14. The van der Waals surface area contributed by atoms with Crippen LogP contribution in [0.15, 0.2) is 0 Å². The molecule has 0 spiro atoms. The van der Waals surface area contributed by atoms with Gasteiger partial charge < -0.3 is 33.9 Å². The Morgan fingerprint density at radius 2 is 0.833 bits per heavy atom. The van der Waals surface area contributed by atoms with E-state index in [9.17, 15) is 61.3 Å². The minimum atomic E-state index is -6.66. The van der Waals surface area contributed by atoms with Crippen LogP contribution < -0.4 is 29.4 Å². The minimum absolute atomic E-state index is 2.65. The molecule has 0 heterocycles. The molecule has 0 aliphatic rings. The van der Waals surface area contributed by atoms with Crippen LogP contribution in [0.1, 0.15) is 0 Å². The summed E-state index contributed by atoms with van der Waals surface area (Å²) in [6.07, 6.45) is 0. The molecular formula is O18P6-6. The SMILES string of the molecule is O=P(=O)OP(=O)([O-])OP(=O)([O-])OP(=O)([O-])OP(=O)([O-])OP(=O)([O-])[O-]. The molecule has 0 aliphatic carbocycles. The number of phosphoric acid groups is 5. The zero-order valence-corrected chi connectivity index (χ0v) is 15.4. The Morgan fingerprint density at radius 1 is 0.542 bits per heavy atom. The van der Waals surface area contributed by atoms with Gasteiger partial charge in [0.2, 0.25) is 0 Å². The fourth-order valence-corrected chi connectivity index (χ4v) is 6.75. The Morgan fingerprint density at radius 3 is 1.12 bits per heavy atom. The second-order valence-corrected chi connectivity index (χ2v) is 11.1. The summed E-state index contributed by atoms with van der Waals surface area (Å²) in [5, 5.41) is 0. The van der Waals surface area contributed by atoms with Gasteiger partial charge >= 0.3 is 7.91 Å². The van der Waals surface area contributed by atoms with Gasteiger partial charge in [0.05, 0.1) is 7.82 Å². The quantitative estimate of drug-likeness (QED) is 0.282. The molecule has 0 saturated carbocycles. The van der Waals surface area contributed by atoms with Crippen LogP contribution in [0.3, 0.4) is 0 Å². The monoisotopic (exact) mass is 474 g/mol. The summed E-state index contributed by atoms with van der Waals surface area (Å²) in [4.78, 5) is 63.1. The second kappa shape index (κ2) is 8.10. The van der Waals surface area contributed by atoms with Crippen LogP contribution in [-0.4, -0.2) is 0 Å². The van der Waals surface area contributed by atoms with Gasteiger partial charge in [-0.25, -0.2) is 26.4 Å². The predicted molar refractivity (Wildman–Crippen MR) is 51.8 cm³/mol. The first-order valence-corrected chi connectivity index (χ1v) is 12.6. The minimum Gasteiger partial charge on any atom is -0.790 e. The maximum atomic E-state index is 10.9. The summed E-state index contributed by atoms with van der Waals surface area (Å²) in [7, 11) is -36.6. The second-order valence-electron chi connectivity index (χ2n) is 2.87. The average molecular weight is 474 g/mol. The fourth-order valence-electron chi connectivity index (χ4n) is 0.631. The summed E-state index contributed by atoms with van der Waals surface area (Å²) in [5.74, 6) is 0. The molecule has 0 saturated heterocycles. The van der Waals surface area contributed by atoms with E-state index in [4.69, 9.17) is 0 Å². The van der Waals surface area contributed by atoms with Crippen molar-refractivity contribution in [3.05, 3.63) is 0 Å². The smallest absolute Gasteiger partial charge is 0.474 e. The van der Waals surface area contributed by atoms with Crippen molar-refractivity contribution < 1.29 is 82.9 Å². The van der Waals surface area contributed by atoms with Crippen LogP contribution in [0.2, 0.25) is 0 Å². The highest BCUT2D eigenvalue weighted by Crippen LogP contribution is 2.68. The number of hydrogen-bond donors (Lipinski definition) is 0. The molecular weight excluding hydrogens is 474 g/mol. The van der Waals surface area contributed by atoms with Crippen molar-refractivity contribution in [1.82, 2.24) is 0 Å². The molecule has 18 nitrogen and oxygen atoms in total. The molecule has 144 valence electrons. The van der Waals surface area contributed by atoms with E-state index in [1.165, 1.54) is 0 Å². The molecule has 4 unspecified atom stereocenters. The van der Waals surface area contributed by atoms with E-state index in [0.717, 1.165) is 0 Å². The van der Waals surface area contributed by atoms with E-state index >= 15 is 0 Å². The van der Waals surface area contributed by atoms with Crippen molar-refractivity contribution in [2.45, 2.75) is 0 Å². The lowest BCUT2D eigenvalue weighted by Gasteiger charge is -2.39. The molecule has 0 aromatic carbocycles. The van der Waals surface area contributed by atoms with E-state index in [-0.39, 0.29) is 0 Å². The number of rotatable bonds is 10. The molecule has 0 rings (SSSR count). The summed E-state index contributed by atoms with van der Waals surface area (Å²) >= 11 is 0. The molecule has 24 heavy (non-hydrogen) atoms. The van der Waals surface area contributed by atoms with Gasteiger partial charge in [-0.3, -0.25) is 22.6 Å². The van der Waals surface area contributed by atoms with Gasteiger partial charge in [0.15, 0.2) is 0 Å². The molecule has 4 atom stereocenters.